The molecule has 14 heavy (non-hydrogen) atoms. The number of allylic oxidation sites excluding steroid dienone is 2. The minimum absolute atomic E-state index is 0.468. The van der Waals surface area contributed by atoms with Crippen molar-refractivity contribution < 1.29 is 30.7 Å². The van der Waals surface area contributed by atoms with Crippen LogP contribution in [0.1, 0.15) is 0 Å². The number of hydrogen-bond acceptors (Lipinski definition) is 0. The second-order valence-electron chi connectivity index (χ2n) is 2.87. The van der Waals surface area contributed by atoms with Gasteiger partial charge in [0, 0.05) is 0 Å². The Morgan fingerprint density at radius 1 is 0.714 bits per heavy atom. The molecule has 8 heteroatoms. The van der Waals surface area contributed by atoms with E-state index in [0.717, 1.165) is 0 Å². The minimum atomic E-state index is -5.85. The molecule has 0 saturated carbocycles. The first-order chi connectivity index (χ1) is 5.96. The zero-order valence-electron chi connectivity index (χ0n) is 6.38. The summed E-state index contributed by atoms with van der Waals surface area (Å²) in [6.45, 7) is 0. The summed E-state index contributed by atoms with van der Waals surface area (Å²) < 4.78 is 86.9. The van der Waals surface area contributed by atoms with Crippen molar-refractivity contribution in [3.8, 4) is 0 Å². The highest BCUT2D eigenvalue weighted by Gasteiger charge is 2.78. The van der Waals surface area contributed by atoms with Gasteiger partial charge in [0.15, 0.2) is 5.57 Å². The van der Waals surface area contributed by atoms with Crippen molar-refractivity contribution in [2.75, 3.05) is 0 Å². The Kier molecular flexibility index (Phi) is 2.00. The van der Waals surface area contributed by atoms with Gasteiger partial charge in [0.2, 0.25) is 0 Å². The molecular weight excluding hydrogens is 216 g/mol. The molecule has 78 valence electrons. The molecule has 0 spiro atoms. The maximum Gasteiger partial charge on any atom is 0.378 e. The minimum Gasteiger partial charge on any atom is -0.244 e. The van der Waals surface area contributed by atoms with Crippen LogP contribution in [0.15, 0.2) is 12.2 Å². The molecule has 1 atom stereocenters. The van der Waals surface area contributed by atoms with Gasteiger partial charge in [-0.05, 0) is 12.2 Å². The maximum absolute atomic E-state index is 12.6. The fourth-order valence-corrected chi connectivity index (χ4v) is 0.885. The van der Waals surface area contributed by atoms with Gasteiger partial charge in [0.05, 0.1) is 0 Å². The molecule has 0 saturated heterocycles. The highest BCUT2D eigenvalue weighted by molar-refractivity contribution is 6.17. The molecule has 0 aromatic heterocycles. The van der Waals surface area contributed by atoms with Gasteiger partial charge in [-0.2, -0.15) is 26.3 Å². The van der Waals surface area contributed by atoms with Crippen LogP contribution in [0.2, 0.25) is 0 Å². The van der Waals surface area contributed by atoms with Gasteiger partial charge in [0.25, 0.3) is 0 Å². The molecule has 0 heterocycles. The molecule has 1 unspecified atom stereocenters. The summed E-state index contributed by atoms with van der Waals surface area (Å²) in [4.78, 5) is 0. The van der Waals surface area contributed by atoms with E-state index in [0.29, 0.717) is 0 Å². The van der Waals surface area contributed by atoms with Crippen LogP contribution in [0.3, 0.4) is 0 Å². The van der Waals surface area contributed by atoms with Gasteiger partial charge in [-0.25, -0.2) is 4.39 Å². The molecule has 0 amide bonds. The quantitative estimate of drug-likeness (QED) is 0.332. The average Bonchev–Trinajstić information content (AvgIpc) is 1.98. The van der Waals surface area contributed by atoms with E-state index in [1.54, 1.807) is 0 Å². The van der Waals surface area contributed by atoms with Gasteiger partial charge < -0.3 is 0 Å². The fourth-order valence-electron chi connectivity index (χ4n) is 0.885. The van der Waals surface area contributed by atoms with E-state index in [-0.39, 0.29) is 0 Å². The molecule has 1 rings (SSSR count). The van der Waals surface area contributed by atoms with E-state index in [1.165, 1.54) is 0 Å². The maximum atomic E-state index is 12.6. The number of alkyl halides is 7. The van der Waals surface area contributed by atoms with Crippen LogP contribution < -0.4 is 0 Å². The van der Waals surface area contributed by atoms with Crippen molar-refractivity contribution in [2.24, 2.45) is 0 Å². The van der Waals surface area contributed by atoms with Crippen LogP contribution in [-0.2, 0) is 0 Å². The van der Waals surface area contributed by atoms with E-state index in [2.05, 4.69) is 7.85 Å². The van der Waals surface area contributed by atoms with E-state index < -0.39 is 35.5 Å². The van der Waals surface area contributed by atoms with Crippen molar-refractivity contribution in [3.63, 3.8) is 0 Å². The first kappa shape index (κ1) is 11.4. The summed E-state index contributed by atoms with van der Waals surface area (Å²) in [5.41, 5.74) is -4.28. The van der Waals surface area contributed by atoms with Gasteiger partial charge in [-0.1, -0.05) is 0 Å². The monoisotopic (exact) mass is 218 g/mol. The van der Waals surface area contributed by atoms with Gasteiger partial charge in [-0.15, -0.1) is 0 Å². The lowest BCUT2D eigenvalue weighted by Crippen LogP contribution is -2.65. The summed E-state index contributed by atoms with van der Waals surface area (Å²) >= 11 is 0. The van der Waals surface area contributed by atoms with Crippen LogP contribution in [0.4, 0.5) is 30.7 Å². The summed E-state index contributed by atoms with van der Waals surface area (Å²) in [5.74, 6) is -16.6. The van der Waals surface area contributed by atoms with Crippen molar-refractivity contribution in [3.05, 3.63) is 12.2 Å². The molecule has 2 radical (unpaired) electrons. The van der Waals surface area contributed by atoms with E-state index >= 15 is 0 Å². The fraction of sp³-hybridized carbons (Fsp3) is 0.667. The third kappa shape index (κ3) is 1.08. The van der Waals surface area contributed by atoms with Gasteiger partial charge in [0.1, 0.15) is 7.85 Å². The molecule has 0 aromatic rings. The standard InChI is InChI=1S/C6H2BF7/c7-3(8)1-2-4(9,10)6(13,14)5(3,11)12/h1-2H. The molecule has 1 aliphatic carbocycles. The molecule has 0 fully saturated rings. The SMILES string of the molecule is [B]C1(F)C=CC(F)(F)C(F)(F)C1(F)F. The first-order valence-corrected chi connectivity index (χ1v) is 3.27. The van der Waals surface area contributed by atoms with Crippen molar-refractivity contribution in [2.45, 2.75) is 23.3 Å². The van der Waals surface area contributed by atoms with Gasteiger partial charge >= 0.3 is 17.8 Å². The van der Waals surface area contributed by atoms with E-state index in [1.807, 2.05) is 0 Å². The Morgan fingerprint density at radius 2 is 1.14 bits per heavy atom. The molecule has 0 nitrogen and oxygen atoms in total. The normalized spacial score (nSPS) is 38.2. The zero-order chi connectivity index (χ0) is 11.4. The summed E-state index contributed by atoms with van der Waals surface area (Å²) in [6.07, 6.45) is -1.13. The van der Waals surface area contributed by atoms with E-state index in [9.17, 15) is 30.7 Å². The molecule has 0 N–H and O–H groups in total. The topological polar surface area (TPSA) is 0 Å². The smallest absolute Gasteiger partial charge is 0.244 e. The Morgan fingerprint density at radius 3 is 1.50 bits per heavy atom. The second-order valence-corrected chi connectivity index (χ2v) is 2.87. The van der Waals surface area contributed by atoms with Crippen LogP contribution in [0, 0.1) is 0 Å². The van der Waals surface area contributed by atoms with Crippen molar-refractivity contribution in [1.82, 2.24) is 0 Å². The number of rotatable bonds is 0. The lowest BCUT2D eigenvalue weighted by molar-refractivity contribution is -0.318. The molecule has 1 aliphatic rings. The van der Waals surface area contributed by atoms with E-state index in [4.69, 9.17) is 0 Å². The third-order valence-corrected chi connectivity index (χ3v) is 1.83. The summed E-state index contributed by atoms with van der Waals surface area (Å²) in [5, 5.41) is 0. The molecule has 0 aromatic carbocycles. The second kappa shape index (κ2) is 2.46. The van der Waals surface area contributed by atoms with Crippen LogP contribution in [0.25, 0.3) is 0 Å². The lowest BCUT2D eigenvalue weighted by atomic mass is 9.71. The third-order valence-electron chi connectivity index (χ3n) is 1.83. The number of hydrogen-bond donors (Lipinski definition) is 0. The lowest BCUT2D eigenvalue weighted by Gasteiger charge is -2.40. The first-order valence-electron chi connectivity index (χ1n) is 3.27. The van der Waals surface area contributed by atoms with Crippen LogP contribution in [-0.4, -0.2) is 31.2 Å². The van der Waals surface area contributed by atoms with Crippen LogP contribution in [0.5, 0.6) is 0 Å². The summed E-state index contributed by atoms with van der Waals surface area (Å²) in [6, 6.07) is 0. The van der Waals surface area contributed by atoms with Crippen molar-refractivity contribution >= 4 is 7.85 Å². The summed E-state index contributed by atoms with van der Waals surface area (Å²) in [7, 11) is 4.14. The zero-order valence-corrected chi connectivity index (χ0v) is 6.38. The van der Waals surface area contributed by atoms with Crippen molar-refractivity contribution in [1.29, 1.82) is 0 Å². The predicted octanol–water partition coefficient (Wildman–Crippen LogP) is 2.30. The Hall–Kier alpha value is -0.685. The number of halogens is 7. The predicted molar refractivity (Wildman–Crippen MR) is 33.6 cm³/mol. The average molecular weight is 218 g/mol. The Labute approximate surface area is 75.2 Å². The highest BCUT2D eigenvalue weighted by Crippen LogP contribution is 2.54. The van der Waals surface area contributed by atoms with Gasteiger partial charge in [-0.3, -0.25) is 0 Å². The molecule has 0 aliphatic heterocycles. The Bertz CT molecular complexity index is 252. The molecule has 0 bridgehead atoms. The van der Waals surface area contributed by atoms with Crippen LogP contribution >= 0.6 is 0 Å². The largest absolute Gasteiger partial charge is 0.378 e. The molecular formula is C6H2BF7. The highest BCUT2D eigenvalue weighted by atomic mass is 19.3. The Balaban J connectivity index is 3.36.